The molecule has 0 aliphatic carbocycles. The Balaban J connectivity index is 0.000000541. The van der Waals surface area contributed by atoms with E-state index in [-0.39, 0.29) is 12.4 Å². The average Bonchev–Trinajstić information content (AvgIpc) is 2.54. The fourth-order valence-electron chi connectivity index (χ4n) is 1.50. The summed E-state index contributed by atoms with van der Waals surface area (Å²) in [5.41, 5.74) is 0.832. The number of aliphatic imine (C=N–C) groups is 1. The van der Waals surface area contributed by atoms with E-state index >= 15 is 0 Å². The van der Waals surface area contributed by atoms with Crippen LogP contribution in [0.4, 0.5) is 5.69 Å². The van der Waals surface area contributed by atoms with Crippen molar-refractivity contribution in [1.82, 2.24) is 4.72 Å². The molecule has 0 bridgehead atoms. The number of benzene rings is 1. The third-order valence-electron chi connectivity index (χ3n) is 2.48. The second-order valence-corrected chi connectivity index (χ2v) is 4.90. The molecule has 0 saturated carbocycles. The molecule has 1 aromatic carbocycles. The van der Waals surface area contributed by atoms with Crippen molar-refractivity contribution in [2.24, 2.45) is 4.99 Å². The van der Waals surface area contributed by atoms with Gasteiger partial charge in [0.25, 0.3) is 0 Å². The molecule has 5 nitrogen and oxygen atoms in total. The first-order chi connectivity index (χ1) is 10.6. The quantitative estimate of drug-likeness (QED) is 0.510. The van der Waals surface area contributed by atoms with Gasteiger partial charge < -0.3 is 14.2 Å². The van der Waals surface area contributed by atoms with Crippen molar-refractivity contribution in [3.05, 3.63) is 43.5 Å². The average molecular weight is 320 g/mol. The molecule has 2 rings (SSSR count). The van der Waals surface area contributed by atoms with Gasteiger partial charge in [0.15, 0.2) is 0 Å². The summed E-state index contributed by atoms with van der Waals surface area (Å²) in [7, 11) is 1.62. The number of hydrogen-bond acceptors (Lipinski definition) is 6. The number of carbonyl (C=O) groups excluding carboxylic acids is 1. The number of methoxy groups -OCH3 is 1. The molecule has 1 N–H and O–H groups in total. The molecular weight excluding hydrogens is 300 g/mol. The molecule has 1 heterocycles. The monoisotopic (exact) mass is 320 g/mol. The summed E-state index contributed by atoms with van der Waals surface area (Å²) in [6.07, 6.45) is 3.44. The highest BCUT2D eigenvalue weighted by Crippen LogP contribution is 2.34. The van der Waals surface area contributed by atoms with E-state index in [4.69, 9.17) is 9.47 Å². The van der Waals surface area contributed by atoms with Crippen molar-refractivity contribution in [3.63, 3.8) is 0 Å². The Morgan fingerprint density at radius 3 is 2.73 bits per heavy atom. The van der Waals surface area contributed by atoms with E-state index in [1.807, 2.05) is 18.2 Å². The third kappa shape index (κ3) is 5.65. The van der Waals surface area contributed by atoms with Crippen LogP contribution in [0.15, 0.2) is 53.4 Å². The van der Waals surface area contributed by atoms with Crippen molar-refractivity contribution >= 4 is 29.4 Å². The lowest BCUT2D eigenvalue weighted by molar-refractivity contribution is -0.141. The van der Waals surface area contributed by atoms with E-state index in [9.17, 15) is 4.79 Å². The maximum atomic E-state index is 11.4. The lowest BCUT2D eigenvalue weighted by Gasteiger charge is -2.16. The molecule has 118 valence electrons. The zero-order valence-electron chi connectivity index (χ0n) is 12.8. The third-order valence-corrected chi connectivity index (χ3v) is 3.37. The Labute approximate surface area is 135 Å². The maximum absolute atomic E-state index is 11.4. The van der Waals surface area contributed by atoms with Crippen molar-refractivity contribution in [2.75, 3.05) is 13.7 Å². The molecule has 0 atom stereocenters. The standard InChI is InChI=1S/C12H14N2O3S.C4H6/c1-3-17-12(15)7-11-13-9-5-4-8(16-2)6-10(9)18-14-11;1-3-4-2/h4-6H,3,7H2,1-2H3,(H,13,14);3-4H,1-2H2. The molecular formula is C16H20N2O3S. The number of fused-ring (bicyclic) bond motifs is 1. The number of hydrogen-bond donors (Lipinski definition) is 1. The number of rotatable bonds is 5. The molecule has 22 heavy (non-hydrogen) atoms. The van der Waals surface area contributed by atoms with Crippen LogP contribution in [0.2, 0.25) is 0 Å². The van der Waals surface area contributed by atoms with E-state index in [2.05, 4.69) is 22.9 Å². The van der Waals surface area contributed by atoms with Gasteiger partial charge in [-0.15, -0.1) is 0 Å². The zero-order chi connectivity index (χ0) is 16.4. The molecule has 1 aliphatic rings. The minimum absolute atomic E-state index is 0.159. The molecule has 6 heteroatoms. The van der Waals surface area contributed by atoms with E-state index in [0.29, 0.717) is 12.4 Å². The first-order valence-corrected chi connectivity index (χ1v) is 7.53. The van der Waals surface area contributed by atoms with Crippen molar-refractivity contribution in [3.8, 4) is 5.75 Å². The lowest BCUT2D eigenvalue weighted by Crippen LogP contribution is -2.23. The predicted octanol–water partition coefficient (Wildman–Crippen LogP) is 3.65. The first kappa shape index (κ1) is 17.8. The molecule has 0 amide bonds. The van der Waals surface area contributed by atoms with Crippen LogP contribution in [0.5, 0.6) is 5.75 Å². The highest BCUT2D eigenvalue weighted by atomic mass is 32.2. The fraction of sp³-hybridized carbons (Fsp3) is 0.250. The molecule has 1 aliphatic heterocycles. The van der Waals surface area contributed by atoms with Gasteiger partial charge in [-0.05, 0) is 37.1 Å². The van der Waals surface area contributed by atoms with E-state index in [1.54, 1.807) is 26.2 Å². The second kappa shape index (κ2) is 9.68. The van der Waals surface area contributed by atoms with Gasteiger partial charge in [0.1, 0.15) is 18.0 Å². The number of amidine groups is 1. The minimum Gasteiger partial charge on any atom is -0.497 e. The van der Waals surface area contributed by atoms with E-state index in [1.165, 1.54) is 11.9 Å². The van der Waals surface area contributed by atoms with Crippen LogP contribution < -0.4 is 9.46 Å². The van der Waals surface area contributed by atoms with Crippen LogP contribution in [0.1, 0.15) is 13.3 Å². The molecule has 0 spiro atoms. The molecule has 0 radical (unpaired) electrons. The maximum Gasteiger partial charge on any atom is 0.313 e. The number of nitrogens with zero attached hydrogens (tertiary/aromatic N) is 1. The van der Waals surface area contributed by atoms with Crippen LogP contribution in [-0.4, -0.2) is 25.5 Å². The molecule has 0 saturated heterocycles. The van der Waals surface area contributed by atoms with Gasteiger partial charge in [0.05, 0.1) is 24.3 Å². The molecule has 1 aromatic rings. The summed E-state index contributed by atoms with van der Waals surface area (Å²) >= 11 is 1.42. The van der Waals surface area contributed by atoms with Gasteiger partial charge in [0, 0.05) is 0 Å². The van der Waals surface area contributed by atoms with Crippen LogP contribution in [0.3, 0.4) is 0 Å². The van der Waals surface area contributed by atoms with E-state index in [0.717, 1.165) is 16.3 Å². The molecule has 0 unspecified atom stereocenters. The predicted molar refractivity (Wildman–Crippen MR) is 90.7 cm³/mol. The largest absolute Gasteiger partial charge is 0.497 e. The van der Waals surface area contributed by atoms with Crippen LogP contribution in [0, 0.1) is 0 Å². The summed E-state index contributed by atoms with van der Waals surface area (Å²) in [4.78, 5) is 16.7. The number of allylic oxidation sites excluding steroid dienone is 2. The zero-order valence-corrected chi connectivity index (χ0v) is 13.6. The Bertz CT molecular complexity index is 565. The normalized spacial score (nSPS) is 11.6. The second-order valence-electron chi connectivity index (χ2n) is 4.05. The van der Waals surface area contributed by atoms with Gasteiger partial charge in [0.2, 0.25) is 0 Å². The van der Waals surface area contributed by atoms with Crippen LogP contribution in [0.25, 0.3) is 0 Å². The van der Waals surface area contributed by atoms with E-state index < -0.39 is 0 Å². The van der Waals surface area contributed by atoms with Gasteiger partial charge in [-0.1, -0.05) is 25.3 Å². The molecule has 0 aromatic heterocycles. The van der Waals surface area contributed by atoms with Crippen LogP contribution >= 0.6 is 11.9 Å². The SMILES string of the molecule is C=CC=C.CCOC(=O)CC1=Nc2ccc(OC)cc2SN1. The van der Waals surface area contributed by atoms with Crippen molar-refractivity contribution in [1.29, 1.82) is 0 Å². The summed E-state index contributed by atoms with van der Waals surface area (Å²) < 4.78 is 13.0. The lowest BCUT2D eigenvalue weighted by atomic mass is 10.3. The Hall–Kier alpha value is -2.21. The Morgan fingerprint density at radius 2 is 2.14 bits per heavy atom. The van der Waals surface area contributed by atoms with Gasteiger partial charge >= 0.3 is 5.97 Å². The molecule has 0 fully saturated rings. The number of carbonyl (C=O) groups is 1. The van der Waals surface area contributed by atoms with Crippen LogP contribution in [-0.2, 0) is 9.53 Å². The van der Waals surface area contributed by atoms with Gasteiger partial charge in [-0.2, -0.15) is 0 Å². The summed E-state index contributed by atoms with van der Waals surface area (Å²) in [6, 6.07) is 5.61. The highest BCUT2D eigenvalue weighted by molar-refractivity contribution is 7.98. The number of ether oxygens (including phenoxy) is 2. The van der Waals surface area contributed by atoms with Gasteiger partial charge in [-0.25, -0.2) is 4.99 Å². The summed E-state index contributed by atoms with van der Waals surface area (Å²) in [5.74, 6) is 1.12. The van der Waals surface area contributed by atoms with Crippen molar-refractivity contribution < 1.29 is 14.3 Å². The highest BCUT2D eigenvalue weighted by Gasteiger charge is 2.16. The Kier molecular flexibility index (Phi) is 7.85. The summed E-state index contributed by atoms with van der Waals surface area (Å²) in [5, 5.41) is 0. The number of esters is 1. The topological polar surface area (TPSA) is 59.9 Å². The first-order valence-electron chi connectivity index (χ1n) is 6.72. The number of nitrogens with one attached hydrogen (secondary N) is 1. The Morgan fingerprint density at radius 1 is 1.41 bits per heavy atom. The smallest absolute Gasteiger partial charge is 0.313 e. The van der Waals surface area contributed by atoms with Gasteiger partial charge in [-0.3, -0.25) is 4.79 Å². The van der Waals surface area contributed by atoms with Crippen molar-refractivity contribution in [2.45, 2.75) is 18.2 Å². The summed E-state index contributed by atoms with van der Waals surface area (Å²) in [6.45, 7) is 8.89. The minimum atomic E-state index is -0.277. The fourth-order valence-corrected chi connectivity index (χ4v) is 2.24.